The van der Waals surface area contributed by atoms with Crippen molar-refractivity contribution < 1.29 is 4.79 Å². The molecule has 0 saturated heterocycles. The van der Waals surface area contributed by atoms with Crippen LogP contribution < -0.4 is 5.32 Å². The van der Waals surface area contributed by atoms with Crippen LogP contribution in [-0.4, -0.2) is 20.7 Å². The Morgan fingerprint density at radius 2 is 1.96 bits per heavy atom. The number of aromatic nitrogens is 3. The van der Waals surface area contributed by atoms with Gasteiger partial charge in [-0.15, -0.1) is 0 Å². The standard InChI is InChI=1S/C19H18N4O/c1-13-7-10-18(20-12-13)21-19(24)17-11-16(14-8-9-14)22-23(17)15-5-3-2-4-6-15/h2-7,10-12,14H,8-9H2,1H3,(H,20,21,24). The van der Waals surface area contributed by atoms with Crippen LogP contribution in [0.3, 0.4) is 0 Å². The van der Waals surface area contributed by atoms with Gasteiger partial charge in [-0.25, -0.2) is 9.67 Å². The fraction of sp³-hybridized carbons (Fsp3) is 0.211. The quantitative estimate of drug-likeness (QED) is 0.798. The van der Waals surface area contributed by atoms with E-state index in [-0.39, 0.29) is 5.91 Å². The molecule has 1 aliphatic rings. The molecule has 2 heterocycles. The molecule has 0 spiro atoms. The third-order valence-corrected chi connectivity index (χ3v) is 4.11. The van der Waals surface area contributed by atoms with E-state index in [1.807, 2.05) is 49.4 Å². The van der Waals surface area contributed by atoms with E-state index in [0.29, 0.717) is 17.4 Å². The Bertz CT molecular complexity index is 864. The highest BCUT2D eigenvalue weighted by molar-refractivity contribution is 6.03. The average Bonchev–Trinajstić information content (AvgIpc) is 3.36. The highest BCUT2D eigenvalue weighted by Crippen LogP contribution is 2.39. The number of pyridine rings is 1. The third kappa shape index (κ3) is 2.93. The summed E-state index contributed by atoms with van der Waals surface area (Å²) in [5.74, 6) is 0.827. The summed E-state index contributed by atoms with van der Waals surface area (Å²) >= 11 is 0. The molecule has 5 nitrogen and oxygen atoms in total. The molecule has 0 unspecified atom stereocenters. The molecule has 1 N–H and O–H groups in total. The SMILES string of the molecule is Cc1ccc(NC(=O)c2cc(C3CC3)nn2-c2ccccc2)nc1. The monoisotopic (exact) mass is 318 g/mol. The lowest BCUT2D eigenvalue weighted by Gasteiger charge is -2.08. The van der Waals surface area contributed by atoms with E-state index >= 15 is 0 Å². The molecule has 1 amide bonds. The number of benzene rings is 1. The Balaban J connectivity index is 1.68. The van der Waals surface area contributed by atoms with Gasteiger partial charge in [0.25, 0.3) is 5.91 Å². The van der Waals surface area contributed by atoms with Crippen LogP contribution >= 0.6 is 0 Å². The number of nitrogens with one attached hydrogen (secondary N) is 1. The van der Waals surface area contributed by atoms with E-state index in [1.165, 1.54) is 0 Å². The van der Waals surface area contributed by atoms with Gasteiger partial charge >= 0.3 is 0 Å². The normalized spacial score (nSPS) is 13.7. The lowest BCUT2D eigenvalue weighted by molar-refractivity contribution is 0.101. The minimum Gasteiger partial charge on any atom is -0.305 e. The van der Waals surface area contributed by atoms with Gasteiger partial charge in [-0.05, 0) is 49.6 Å². The number of amides is 1. The van der Waals surface area contributed by atoms with Crippen molar-refractivity contribution in [3.63, 3.8) is 0 Å². The minimum atomic E-state index is -0.199. The van der Waals surface area contributed by atoms with Gasteiger partial charge in [-0.1, -0.05) is 24.3 Å². The van der Waals surface area contributed by atoms with E-state index < -0.39 is 0 Å². The van der Waals surface area contributed by atoms with Gasteiger partial charge in [0, 0.05) is 12.1 Å². The first-order valence-corrected chi connectivity index (χ1v) is 8.10. The topological polar surface area (TPSA) is 59.8 Å². The molecular weight excluding hydrogens is 300 g/mol. The maximum atomic E-state index is 12.7. The molecule has 1 aliphatic carbocycles. The van der Waals surface area contributed by atoms with E-state index in [0.717, 1.165) is 29.8 Å². The summed E-state index contributed by atoms with van der Waals surface area (Å²) in [6.07, 6.45) is 4.03. The van der Waals surface area contributed by atoms with Crippen molar-refractivity contribution in [3.8, 4) is 5.69 Å². The predicted octanol–water partition coefficient (Wildman–Crippen LogP) is 3.71. The second-order valence-corrected chi connectivity index (χ2v) is 6.15. The summed E-state index contributed by atoms with van der Waals surface area (Å²) < 4.78 is 1.72. The van der Waals surface area contributed by atoms with Crippen molar-refractivity contribution in [2.75, 3.05) is 5.32 Å². The van der Waals surface area contributed by atoms with Gasteiger partial charge in [0.15, 0.2) is 0 Å². The molecule has 3 aromatic rings. The number of hydrogen-bond acceptors (Lipinski definition) is 3. The van der Waals surface area contributed by atoms with Crippen molar-refractivity contribution in [2.45, 2.75) is 25.7 Å². The van der Waals surface area contributed by atoms with Crippen molar-refractivity contribution in [2.24, 2.45) is 0 Å². The number of anilines is 1. The maximum absolute atomic E-state index is 12.7. The Hall–Kier alpha value is -2.95. The van der Waals surface area contributed by atoms with E-state index in [2.05, 4.69) is 15.4 Å². The van der Waals surface area contributed by atoms with Crippen molar-refractivity contribution in [3.05, 3.63) is 71.7 Å². The van der Waals surface area contributed by atoms with Crippen LogP contribution in [-0.2, 0) is 0 Å². The molecule has 1 aromatic carbocycles. The number of rotatable bonds is 4. The van der Waals surface area contributed by atoms with Gasteiger partial charge in [0.2, 0.25) is 0 Å². The highest BCUT2D eigenvalue weighted by atomic mass is 16.2. The van der Waals surface area contributed by atoms with Crippen LogP contribution in [0.15, 0.2) is 54.7 Å². The van der Waals surface area contributed by atoms with Gasteiger partial charge in [0.1, 0.15) is 11.5 Å². The first kappa shape index (κ1) is 14.6. The van der Waals surface area contributed by atoms with Gasteiger partial charge in [-0.2, -0.15) is 5.10 Å². The molecule has 5 heteroatoms. The molecule has 1 fully saturated rings. The average molecular weight is 318 g/mol. The summed E-state index contributed by atoms with van der Waals surface area (Å²) in [6, 6.07) is 15.4. The zero-order valence-electron chi connectivity index (χ0n) is 13.4. The largest absolute Gasteiger partial charge is 0.305 e. The molecular formula is C19H18N4O. The second-order valence-electron chi connectivity index (χ2n) is 6.15. The molecule has 120 valence electrons. The van der Waals surface area contributed by atoms with Crippen LogP contribution in [0.25, 0.3) is 5.69 Å². The Kier molecular flexibility index (Phi) is 3.61. The van der Waals surface area contributed by atoms with E-state index in [1.54, 1.807) is 16.9 Å². The molecule has 1 saturated carbocycles. The van der Waals surface area contributed by atoms with E-state index in [4.69, 9.17) is 0 Å². The maximum Gasteiger partial charge on any atom is 0.275 e. The Morgan fingerprint density at radius 1 is 1.17 bits per heavy atom. The number of carbonyl (C=O) groups is 1. The number of carbonyl (C=O) groups excluding carboxylic acids is 1. The molecule has 0 atom stereocenters. The summed E-state index contributed by atoms with van der Waals surface area (Å²) in [6.45, 7) is 1.96. The zero-order valence-corrected chi connectivity index (χ0v) is 13.4. The fourth-order valence-corrected chi connectivity index (χ4v) is 2.63. The third-order valence-electron chi connectivity index (χ3n) is 4.11. The lowest BCUT2D eigenvalue weighted by atomic mass is 10.2. The second kappa shape index (κ2) is 5.92. The summed E-state index contributed by atoms with van der Waals surface area (Å²) in [4.78, 5) is 17.0. The summed E-state index contributed by atoms with van der Waals surface area (Å²) in [5.41, 5.74) is 3.45. The van der Waals surface area contributed by atoms with Crippen molar-refractivity contribution >= 4 is 11.7 Å². The molecule has 24 heavy (non-hydrogen) atoms. The predicted molar refractivity (Wildman–Crippen MR) is 92.5 cm³/mol. The molecule has 0 aliphatic heterocycles. The first-order chi connectivity index (χ1) is 11.7. The molecule has 2 aromatic heterocycles. The van der Waals surface area contributed by atoms with Crippen molar-refractivity contribution in [1.29, 1.82) is 0 Å². The molecule has 4 rings (SSSR count). The van der Waals surface area contributed by atoms with Crippen molar-refractivity contribution in [1.82, 2.24) is 14.8 Å². The van der Waals surface area contributed by atoms with Crippen LogP contribution in [0.1, 0.15) is 40.5 Å². The van der Waals surface area contributed by atoms with Gasteiger partial charge < -0.3 is 5.32 Å². The van der Waals surface area contributed by atoms with Crippen LogP contribution in [0.5, 0.6) is 0 Å². The van der Waals surface area contributed by atoms with Gasteiger partial charge in [0.05, 0.1) is 11.4 Å². The molecule has 0 bridgehead atoms. The minimum absolute atomic E-state index is 0.199. The van der Waals surface area contributed by atoms with E-state index in [9.17, 15) is 4.79 Å². The highest BCUT2D eigenvalue weighted by Gasteiger charge is 2.29. The molecule has 0 radical (unpaired) electrons. The number of hydrogen-bond donors (Lipinski definition) is 1. The van der Waals surface area contributed by atoms with Gasteiger partial charge in [-0.3, -0.25) is 4.79 Å². The smallest absolute Gasteiger partial charge is 0.275 e. The Morgan fingerprint density at radius 3 is 2.62 bits per heavy atom. The first-order valence-electron chi connectivity index (χ1n) is 8.10. The number of nitrogens with zero attached hydrogens (tertiary/aromatic N) is 3. The summed E-state index contributed by atoms with van der Waals surface area (Å²) in [5, 5.41) is 7.51. The lowest BCUT2D eigenvalue weighted by Crippen LogP contribution is -2.17. The fourth-order valence-electron chi connectivity index (χ4n) is 2.63. The zero-order chi connectivity index (χ0) is 16.5. The van der Waals surface area contributed by atoms with Crippen LogP contribution in [0, 0.1) is 6.92 Å². The number of para-hydroxylation sites is 1. The number of aryl methyl sites for hydroxylation is 1. The Labute approximate surface area is 140 Å². The van der Waals surface area contributed by atoms with Crippen LogP contribution in [0.2, 0.25) is 0 Å². The summed E-state index contributed by atoms with van der Waals surface area (Å²) in [7, 11) is 0. The van der Waals surface area contributed by atoms with Crippen LogP contribution in [0.4, 0.5) is 5.82 Å².